The third-order valence-corrected chi connectivity index (χ3v) is 3.52. The Balaban J connectivity index is 2.55. The highest BCUT2D eigenvalue weighted by atomic mass is 15.0. The summed E-state index contributed by atoms with van der Waals surface area (Å²) in [5.74, 6) is 1.62. The Kier molecular flexibility index (Phi) is 3.16. The minimum absolute atomic E-state index is 0.394. The highest BCUT2D eigenvalue weighted by Crippen LogP contribution is 2.27. The molecule has 1 aliphatic rings. The van der Waals surface area contributed by atoms with Gasteiger partial charge in [-0.25, -0.2) is 0 Å². The van der Waals surface area contributed by atoms with Crippen LogP contribution in [0.4, 0.5) is 0 Å². The van der Waals surface area contributed by atoms with E-state index >= 15 is 0 Å². The van der Waals surface area contributed by atoms with E-state index in [9.17, 15) is 0 Å². The Morgan fingerprint density at radius 1 is 1.42 bits per heavy atom. The van der Waals surface area contributed by atoms with Gasteiger partial charge in [0.05, 0.1) is 0 Å². The van der Waals surface area contributed by atoms with Crippen molar-refractivity contribution in [3.63, 3.8) is 0 Å². The fourth-order valence-electron chi connectivity index (χ4n) is 1.91. The quantitative estimate of drug-likeness (QED) is 0.636. The lowest BCUT2D eigenvalue weighted by molar-refractivity contribution is 0.251. The van der Waals surface area contributed by atoms with E-state index in [-0.39, 0.29) is 0 Å². The lowest BCUT2D eigenvalue weighted by Gasteiger charge is -2.34. The molecule has 1 aliphatic heterocycles. The topological polar surface area (TPSA) is 12.0 Å². The first-order chi connectivity index (χ1) is 5.54. The number of rotatable bonds is 1. The molecule has 72 valence electrons. The van der Waals surface area contributed by atoms with Crippen molar-refractivity contribution in [1.29, 1.82) is 0 Å². The predicted octanol–water partition coefficient (Wildman–Crippen LogP) is 2.81. The number of hydrogen-bond acceptors (Lipinski definition) is 1. The van der Waals surface area contributed by atoms with Gasteiger partial charge in [0.15, 0.2) is 0 Å². The van der Waals surface area contributed by atoms with Crippen LogP contribution >= 0.6 is 0 Å². The van der Waals surface area contributed by atoms with E-state index in [4.69, 9.17) is 0 Å². The van der Waals surface area contributed by atoms with Crippen LogP contribution in [0.25, 0.3) is 0 Å². The molecule has 0 aliphatic carbocycles. The van der Waals surface area contributed by atoms with Gasteiger partial charge >= 0.3 is 0 Å². The van der Waals surface area contributed by atoms with Crippen molar-refractivity contribution >= 4 is 0 Å². The number of nitrogens with one attached hydrogen (secondary N) is 1. The molecule has 1 heteroatoms. The molecule has 0 aromatic carbocycles. The second kappa shape index (κ2) is 3.78. The average molecular weight is 169 g/mol. The number of hydrogen-bond donors (Lipinski definition) is 1. The zero-order valence-electron chi connectivity index (χ0n) is 8.98. The van der Waals surface area contributed by atoms with Crippen LogP contribution in [-0.2, 0) is 0 Å². The van der Waals surface area contributed by atoms with Gasteiger partial charge in [-0.3, -0.25) is 0 Å². The minimum Gasteiger partial charge on any atom is -0.311 e. The van der Waals surface area contributed by atoms with Crippen molar-refractivity contribution in [2.75, 3.05) is 6.54 Å². The van der Waals surface area contributed by atoms with Gasteiger partial charge in [0.2, 0.25) is 0 Å². The normalized spacial score (nSPS) is 38.2. The summed E-state index contributed by atoms with van der Waals surface area (Å²) in [7, 11) is 0. The van der Waals surface area contributed by atoms with E-state index in [1.807, 2.05) is 0 Å². The molecule has 1 saturated heterocycles. The van der Waals surface area contributed by atoms with Crippen molar-refractivity contribution in [3.8, 4) is 0 Å². The van der Waals surface area contributed by atoms with Crippen LogP contribution in [0.5, 0.6) is 0 Å². The van der Waals surface area contributed by atoms with E-state index in [2.05, 4.69) is 33.0 Å². The summed E-state index contributed by atoms with van der Waals surface area (Å²) in [6.45, 7) is 10.6. The zero-order valence-corrected chi connectivity index (χ0v) is 8.98. The van der Waals surface area contributed by atoms with Crippen molar-refractivity contribution in [1.82, 2.24) is 5.32 Å². The van der Waals surface area contributed by atoms with Crippen molar-refractivity contribution < 1.29 is 0 Å². The first-order valence-corrected chi connectivity index (χ1v) is 5.29. The van der Waals surface area contributed by atoms with Gasteiger partial charge in [0.1, 0.15) is 0 Å². The van der Waals surface area contributed by atoms with Crippen molar-refractivity contribution in [2.45, 2.75) is 52.5 Å². The molecule has 0 saturated carbocycles. The standard InChI is InChI=1S/C11H23N/c1-9(2)11(4)7-5-6-10(3)8-12-11/h9-10,12H,5-8H2,1-4H3. The van der Waals surface area contributed by atoms with Crippen LogP contribution in [0.2, 0.25) is 0 Å². The second-order valence-corrected chi connectivity index (χ2v) is 4.95. The van der Waals surface area contributed by atoms with Crippen LogP contribution in [0.3, 0.4) is 0 Å². The molecule has 0 aromatic heterocycles. The molecular formula is C11H23N. The fourth-order valence-corrected chi connectivity index (χ4v) is 1.91. The molecule has 1 nitrogen and oxygen atoms in total. The van der Waals surface area contributed by atoms with Gasteiger partial charge in [-0.15, -0.1) is 0 Å². The summed E-state index contributed by atoms with van der Waals surface area (Å²) in [6.07, 6.45) is 4.13. The van der Waals surface area contributed by atoms with Crippen LogP contribution in [0.1, 0.15) is 47.0 Å². The van der Waals surface area contributed by atoms with Gasteiger partial charge in [-0.2, -0.15) is 0 Å². The van der Waals surface area contributed by atoms with Gasteiger partial charge < -0.3 is 5.32 Å². The van der Waals surface area contributed by atoms with Crippen LogP contribution in [0.15, 0.2) is 0 Å². The minimum atomic E-state index is 0.394. The maximum Gasteiger partial charge on any atom is 0.0176 e. The molecule has 0 amide bonds. The highest BCUT2D eigenvalue weighted by Gasteiger charge is 2.29. The molecule has 1 heterocycles. The van der Waals surface area contributed by atoms with Crippen molar-refractivity contribution in [2.24, 2.45) is 11.8 Å². The highest BCUT2D eigenvalue weighted by molar-refractivity contribution is 4.88. The zero-order chi connectivity index (χ0) is 9.19. The fraction of sp³-hybridized carbons (Fsp3) is 1.00. The van der Waals surface area contributed by atoms with Crippen LogP contribution in [0, 0.1) is 11.8 Å². The monoisotopic (exact) mass is 169 g/mol. The van der Waals surface area contributed by atoms with Crippen LogP contribution in [-0.4, -0.2) is 12.1 Å². The summed E-state index contributed by atoms with van der Waals surface area (Å²) < 4.78 is 0. The first kappa shape index (κ1) is 10.0. The lowest BCUT2D eigenvalue weighted by atomic mass is 9.84. The summed E-state index contributed by atoms with van der Waals surface area (Å²) in [5.41, 5.74) is 0.394. The Bertz CT molecular complexity index is 142. The van der Waals surface area contributed by atoms with Gasteiger partial charge in [0, 0.05) is 5.54 Å². The molecule has 0 radical (unpaired) electrons. The molecular weight excluding hydrogens is 146 g/mol. The molecule has 1 rings (SSSR count). The second-order valence-electron chi connectivity index (χ2n) is 4.95. The third kappa shape index (κ3) is 2.22. The molecule has 12 heavy (non-hydrogen) atoms. The van der Waals surface area contributed by atoms with Crippen LogP contribution < -0.4 is 5.32 Å². The third-order valence-electron chi connectivity index (χ3n) is 3.52. The van der Waals surface area contributed by atoms with E-state index < -0.39 is 0 Å². The summed E-state index contributed by atoms with van der Waals surface area (Å²) in [5, 5.41) is 3.71. The first-order valence-electron chi connectivity index (χ1n) is 5.29. The van der Waals surface area contributed by atoms with Gasteiger partial charge in [-0.1, -0.05) is 27.2 Å². The van der Waals surface area contributed by atoms with E-state index in [1.165, 1.54) is 25.8 Å². The molecule has 2 atom stereocenters. The van der Waals surface area contributed by atoms with Gasteiger partial charge in [-0.05, 0) is 38.1 Å². The predicted molar refractivity (Wildman–Crippen MR) is 54.3 cm³/mol. The smallest absolute Gasteiger partial charge is 0.0176 e. The lowest BCUT2D eigenvalue weighted by Crippen LogP contribution is -2.46. The van der Waals surface area contributed by atoms with Gasteiger partial charge in [0.25, 0.3) is 0 Å². The average Bonchev–Trinajstić information content (AvgIpc) is 2.15. The molecule has 1 N–H and O–H groups in total. The SMILES string of the molecule is CC1CCCC(C)(C(C)C)NC1. The van der Waals surface area contributed by atoms with E-state index in [0.29, 0.717) is 5.54 Å². The van der Waals surface area contributed by atoms with E-state index in [0.717, 1.165) is 11.8 Å². The Morgan fingerprint density at radius 2 is 2.08 bits per heavy atom. The molecule has 0 bridgehead atoms. The Morgan fingerprint density at radius 3 is 2.67 bits per heavy atom. The summed E-state index contributed by atoms with van der Waals surface area (Å²) >= 11 is 0. The molecule has 2 unspecified atom stereocenters. The summed E-state index contributed by atoms with van der Waals surface area (Å²) in [4.78, 5) is 0. The van der Waals surface area contributed by atoms with E-state index in [1.54, 1.807) is 0 Å². The van der Waals surface area contributed by atoms with Crippen molar-refractivity contribution in [3.05, 3.63) is 0 Å². The molecule has 0 aromatic rings. The largest absolute Gasteiger partial charge is 0.311 e. The molecule has 0 spiro atoms. The maximum absolute atomic E-state index is 3.71. The molecule has 1 fully saturated rings. The Labute approximate surface area is 76.9 Å². The Hall–Kier alpha value is -0.0400. The maximum atomic E-state index is 3.71. The summed E-state index contributed by atoms with van der Waals surface area (Å²) in [6, 6.07) is 0.